The SMILES string of the molecule is CN1CCC[C@]2(C(=O)O)CCN(C(=O)c3n[nH]c4c3CCC4)C[C@@H]12. The van der Waals surface area contributed by atoms with Gasteiger partial charge in [-0.3, -0.25) is 14.7 Å². The first-order chi connectivity index (χ1) is 11.5. The van der Waals surface area contributed by atoms with Crippen LogP contribution >= 0.6 is 0 Å². The van der Waals surface area contributed by atoms with Gasteiger partial charge in [-0.15, -0.1) is 0 Å². The van der Waals surface area contributed by atoms with Gasteiger partial charge in [-0.2, -0.15) is 5.10 Å². The number of piperidine rings is 2. The molecule has 130 valence electrons. The van der Waals surface area contributed by atoms with Crippen LogP contribution in [0.5, 0.6) is 0 Å². The third kappa shape index (κ3) is 2.17. The molecule has 1 aromatic heterocycles. The average Bonchev–Trinajstić information content (AvgIpc) is 3.17. The van der Waals surface area contributed by atoms with E-state index in [1.807, 2.05) is 11.9 Å². The molecule has 2 atom stereocenters. The average molecular weight is 332 g/mol. The fourth-order valence-electron chi connectivity index (χ4n) is 4.82. The predicted octanol–water partition coefficient (Wildman–Crippen LogP) is 0.909. The molecular formula is C17H24N4O3. The summed E-state index contributed by atoms with van der Waals surface area (Å²) < 4.78 is 0. The number of carbonyl (C=O) groups excluding carboxylic acids is 1. The summed E-state index contributed by atoms with van der Waals surface area (Å²) in [7, 11) is 1.97. The number of carboxylic acids is 1. The first kappa shape index (κ1) is 15.6. The highest BCUT2D eigenvalue weighted by molar-refractivity contribution is 5.94. The highest BCUT2D eigenvalue weighted by Crippen LogP contribution is 2.42. The minimum atomic E-state index is -0.716. The Bertz CT molecular complexity index is 685. The Kier molecular flexibility index (Phi) is 3.63. The number of nitrogens with one attached hydrogen (secondary N) is 1. The molecule has 0 unspecified atom stereocenters. The molecule has 3 heterocycles. The number of hydrogen-bond acceptors (Lipinski definition) is 4. The lowest BCUT2D eigenvalue weighted by molar-refractivity contribution is -0.161. The molecular weight excluding hydrogens is 308 g/mol. The molecule has 1 aromatic rings. The summed E-state index contributed by atoms with van der Waals surface area (Å²) in [5.41, 5.74) is 1.98. The first-order valence-corrected chi connectivity index (χ1v) is 8.82. The number of aromatic amines is 1. The van der Waals surface area contributed by atoms with E-state index in [0.717, 1.165) is 43.5 Å². The highest BCUT2D eigenvalue weighted by atomic mass is 16.4. The van der Waals surface area contributed by atoms with Crippen LogP contribution in [0.3, 0.4) is 0 Å². The van der Waals surface area contributed by atoms with Gasteiger partial charge >= 0.3 is 5.97 Å². The van der Waals surface area contributed by atoms with Crippen LogP contribution < -0.4 is 0 Å². The second-order valence-electron chi connectivity index (χ2n) is 7.45. The molecule has 2 N–H and O–H groups in total. The summed E-state index contributed by atoms with van der Waals surface area (Å²) >= 11 is 0. The van der Waals surface area contributed by atoms with Gasteiger partial charge in [0, 0.05) is 30.4 Å². The number of aryl methyl sites for hydroxylation is 1. The van der Waals surface area contributed by atoms with Gasteiger partial charge in [0.1, 0.15) is 0 Å². The van der Waals surface area contributed by atoms with E-state index in [4.69, 9.17) is 0 Å². The molecule has 0 radical (unpaired) electrons. The zero-order chi connectivity index (χ0) is 16.9. The molecule has 7 nitrogen and oxygen atoms in total. The van der Waals surface area contributed by atoms with Gasteiger partial charge in [-0.1, -0.05) is 0 Å². The topological polar surface area (TPSA) is 89.5 Å². The van der Waals surface area contributed by atoms with Crippen LogP contribution in [-0.4, -0.2) is 69.7 Å². The lowest BCUT2D eigenvalue weighted by Crippen LogP contribution is -2.63. The number of carbonyl (C=O) groups is 2. The quantitative estimate of drug-likeness (QED) is 0.840. The van der Waals surface area contributed by atoms with E-state index in [0.29, 0.717) is 31.6 Å². The molecule has 2 aliphatic heterocycles. The number of likely N-dealkylation sites (N-methyl/N-ethyl adjacent to an activating group) is 1. The summed E-state index contributed by atoms with van der Waals surface area (Å²) in [6.45, 7) is 1.86. The minimum absolute atomic E-state index is 0.0487. The number of carboxylic acid groups (broad SMARTS) is 1. The van der Waals surface area contributed by atoms with E-state index in [1.54, 1.807) is 0 Å². The third-order valence-electron chi connectivity index (χ3n) is 6.25. The Labute approximate surface area is 141 Å². The van der Waals surface area contributed by atoms with Gasteiger partial charge in [-0.05, 0) is 52.1 Å². The molecule has 7 heteroatoms. The van der Waals surface area contributed by atoms with Gasteiger partial charge in [0.15, 0.2) is 5.69 Å². The standard InChI is InChI=1S/C17H24N4O3/c1-20-8-3-6-17(16(23)24)7-9-21(10-13(17)20)15(22)14-11-4-2-5-12(11)18-19-14/h13H,2-10H2,1H3,(H,18,19)(H,23,24)/t13-,17+/m1/s1. The van der Waals surface area contributed by atoms with Crippen molar-refractivity contribution < 1.29 is 14.7 Å². The van der Waals surface area contributed by atoms with Crippen molar-refractivity contribution in [2.24, 2.45) is 5.41 Å². The van der Waals surface area contributed by atoms with Crippen molar-refractivity contribution in [3.8, 4) is 0 Å². The van der Waals surface area contributed by atoms with Crippen molar-refractivity contribution in [3.05, 3.63) is 17.0 Å². The third-order valence-corrected chi connectivity index (χ3v) is 6.25. The lowest BCUT2D eigenvalue weighted by Gasteiger charge is -2.51. The van der Waals surface area contributed by atoms with Crippen LogP contribution in [0, 0.1) is 5.41 Å². The number of H-pyrrole nitrogens is 1. The van der Waals surface area contributed by atoms with Crippen molar-refractivity contribution in [1.29, 1.82) is 0 Å². The van der Waals surface area contributed by atoms with Crippen LogP contribution in [0.4, 0.5) is 0 Å². The summed E-state index contributed by atoms with van der Waals surface area (Å²) in [6, 6.07) is -0.117. The van der Waals surface area contributed by atoms with E-state index in [9.17, 15) is 14.7 Å². The van der Waals surface area contributed by atoms with Crippen molar-refractivity contribution in [3.63, 3.8) is 0 Å². The summed E-state index contributed by atoms with van der Waals surface area (Å²) in [6.07, 6.45) is 5.07. The van der Waals surface area contributed by atoms with E-state index >= 15 is 0 Å². The van der Waals surface area contributed by atoms with Crippen LogP contribution in [0.1, 0.15) is 47.4 Å². The van der Waals surface area contributed by atoms with E-state index in [2.05, 4.69) is 15.1 Å². The van der Waals surface area contributed by atoms with Crippen LogP contribution in [0.2, 0.25) is 0 Å². The number of aliphatic carboxylic acids is 1. The molecule has 1 aliphatic carbocycles. The van der Waals surface area contributed by atoms with E-state index in [-0.39, 0.29) is 11.9 Å². The molecule has 0 bridgehead atoms. The number of rotatable bonds is 2. The van der Waals surface area contributed by atoms with Crippen LogP contribution in [0.15, 0.2) is 0 Å². The number of likely N-dealkylation sites (tertiary alicyclic amines) is 2. The molecule has 2 saturated heterocycles. The monoisotopic (exact) mass is 332 g/mol. The molecule has 2 fully saturated rings. The number of amides is 1. The van der Waals surface area contributed by atoms with Crippen LogP contribution in [-0.2, 0) is 17.6 Å². The van der Waals surface area contributed by atoms with Gasteiger partial charge in [0.05, 0.1) is 5.41 Å². The molecule has 0 spiro atoms. The molecule has 24 heavy (non-hydrogen) atoms. The fourth-order valence-corrected chi connectivity index (χ4v) is 4.82. The Balaban J connectivity index is 1.58. The molecule has 3 aliphatic rings. The zero-order valence-electron chi connectivity index (χ0n) is 14.0. The summed E-state index contributed by atoms with van der Waals surface area (Å²) in [5, 5.41) is 17.1. The smallest absolute Gasteiger partial charge is 0.311 e. The van der Waals surface area contributed by atoms with Crippen molar-refractivity contribution in [2.45, 2.75) is 44.6 Å². The minimum Gasteiger partial charge on any atom is -0.481 e. The van der Waals surface area contributed by atoms with Crippen LogP contribution in [0.25, 0.3) is 0 Å². The number of nitrogens with zero attached hydrogens (tertiary/aromatic N) is 3. The maximum absolute atomic E-state index is 13.0. The normalized spacial score (nSPS) is 30.0. The molecule has 1 amide bonds. The van der Waals surface area contributed by atoms with Gasteiger partial charge in [-0.25, -0.2) is 0 Å². The number of fused-ring (bicyclic) bond motifs is 2. The van der Waals surface area contributed by atoms with Gasteiger partial charge in [0.2, 0.25) is 0 Å². The zero-order valence-corrected chi connectivity index (χ0v) is 14.0. The van der Waals surface area contributed by atoms with Gasteiger partial charge < -0.3 is 14.9 Å². The number of aromatic nitrogens is 2. The molecule has 4 rings (SSSR count). The predicted molar refractivity (Wildman–Crippen MR) is 86.9 cm³/mol. The first-order valence-electron chi connectivity index (χ1n) is 8.82. The Morgan fingerprint density at radius 2 is 2.08 bits per heavy atom. The second-order valence-corrected chi connectivity index (χ2v) is 7.45. The maximum atomic E-state index is 13.0. The van der Waals surface area contributed by atoms with E-state index < -0.39 is 11.4 Å². The van der Waals surface area contributed by atoms with E-state index in [1.165, 1.54) is 0 Å². The lowest BCUT2D eigenvalue weighted by atomic mass is 9.68. The fraction of sp³-hybridized carbons (Fsp3) is 0.706. The Morgan fingerprint density at radius 1 is 1.25 bits per heavy atom. The molecule has 0 aromatic carbocycles. The number of hydrogen-bond donors (Lipinski definition) is 2. The second kappa shape index (κ2) is 5.58. The largest absolute Gasteiger partial charge is 0.481 e. The van der Waals surface area contributed by atoms with Crippen molar-refractivity contribution >= 4 is 11.9 Å². The van der Waals surface area contributed by atoms with Crippen molar-refractivity contribution in [1.82, 2.24) is 20.0 Å². The van der Waals surface area contributed by atoms with Gasteiger partial charge in [0.25, 0.3) is 5.91 Å². The Morgan fingerprint density at radius 3 is 2.88 bits per heavy atom. The summed E-state index contributed by atoms with van der Waals surface area (Å²) in [5.74, 6) is -0.765. The highest BCUT2D eigenvalue weighted by Gasteiger charge is 2.53. The Hall–Kier alpha value is -1.89. The molecule has 0 saturated carbocycles. The maximum Gasteiger partial charge on any atom is 0.311 e. The summed E-state index contributed by atoms with van der Waals surface area (Å²) in [4.78, 5) is 28.8. The van der Waals surface area contributed by atoms with Crippen molar-refractivity contribution in [2.75, 3.05) is 26.7 Å².